The molecule has 1 aromatic heterocycles. The van der Waals surface area contributed by atoms with Gasteiger partial charge in [-0.25, -0.2) is 4.68 Å². The summed E-state index contributed by atoms with van der Waals surface area (Å²) in [5.41, 5.74) is 6.09. The molecule has 6 heteroatoms. The average molecular weight is 243 g/mol. The van der Waals surface area contributed by atoms with Crippen molar-refractivity contribution in [3.05, 3.63) is 21.6 Å². The van der Waals surface area contributed by atoms with Crippen LogP contribution in [0.5, 0.6) is 0 Å². The van der Waals surface area contributed by atoms with Gasteiger partial charge in [-0.15, -0.1) is 0 Å². The molecule has 0 saturated carbocycles. The van der Waals surface area contributed by atoms with Crippen molar-refractivity contribution in [2.24, 2.45) is 18.7 Å². The van der Waals surface area contributed by atoms with E-state index in [1.54, 1.807) is 13.2 Å². The summed E-state index contributed by atoms with van der Waals surface area (Å²) in [5.74, 6) is 0.486. The van der Waals surface area contributed by atoms with Gasteiger partial charge in [0, 0.05) is 20.1 Å². The average Bonchev–Trinajstić information content (AvgIpc) is 2.74. The van der Waals surface area contributed by atoms with Gasteiger partial charge in [-0.05, 0) is 18.9 Å². The van der Waals surface area contributed by atoms with Gasteiger partial charge in [-0.1, -0.05) is 11.6 Å². The minimum Gasteiger partial charge on any atom is -0.369 e. The van der Waals surface area contributed by atoms with E-state index in [9.17, 15) is 4.79 Å². The Bertz CT molecular complexity index is 445. The van der Waals surface area contributed by atoms with E-state index < -0.39 is 0 Å². The number of anilines is 1. The number of aromatic nitrogens is 2. The maximum Gasteiger partial charge on any atom is 0.287 e. The van der Waals surface area contributed by atoms with Crippen molar-refractivity contribution in [1.29, 1.82) is 0 Å². The Morgan fingerprint density at radius 2 is 2.44 bits per heavy atom. The Labute approximate surface area is 98.8 Å². The monoisotopic (exact) mass is 242 g/mol. The molecule has 88 valence electrons. The highest BCUT2D eigenvalue weighted by atomic mass is 35.5. The summed E-state index contributed by atoms with van der Waals surface area (Å²) in [7, 11) is 1.59. The van der Waals surface area contributed by atoms with Crippen molar-refractivity contribution in [3.8, 4) is 0 Å². The highest BCUT2D eigenvalue weighted by molar-refractivity contribution is 6.33. The van der Waals surface area contributed by atoms with E-state index in [-0.39, 0.29) is 10.6 Å². The van der Waals surface area contributed by atoms with E-state index >= 15 is 0 Å². The third-order valence-electron chi connectivity index (χ3n) is 3.02. The van der Waals surface area contributed by atoms with Crippen molar-refractivity contribution in [2.45, 2.75) is 6.42 Å². The van der Waals surface area contributed by atoms with Crippen LogP contribution in [-0.4, -0.2) is 29.4 Å². The number of aryl methyl sites for hydroxylation is 1. The van der Waals surface area contributed by atoms with Crippen LogP contribution in [0.4, 0.5) is 5.69 Å². The summed E-state index contributed by atoms with van der Waals surface area (Å²) in [6, 6.07) is 0. The minimum atomic E-state index is -0.254. The summed E-state index contributed by atoms with van der Waals surface area (Å²) in [4.78, 5) is 13.7. The predicted molar refractivity (Wildman–Crippen MR) is 63.9 cm³/mol. The molecule has 0 aromatic carbocycles. The third kappa shape index (κ3) is 1.92. The first kappa shape index (κ1) is 11.4. The second-order valence-corrected chi connectivity index (χ2v) is 4.49. The van der Waals surface area contributed by atoms with Crippen LogP contribution in [0.1, 0.15) is 6.42 Å². The topological polar surface area (TPSA) is 64.2 Å². The second kappa shape index (κ2) is 4.43. The second-order valence-electron chi connectivity index (χ2n) is 4.11. The fourth-order valence-corrected chi connectivity index (χ4v) is 2.26. The summed E-state index contributed by atoms with van der Waals surface area (Å²) in [6.07, 6.45) is 2.69. The first-order valence-electron chi connectivity index (χ1n) is 5.30. The number of rotatable bonds is 2. The molecule has 1 aromatic rings. The Kier molecular flexibility index (Phi) is 3.16. The predicted octanol–water partition coefficient (Wildman–Crippen LogP) is 0.219. The standard InChI is InChI=1S/C10H15ClN4O/c1-14-10(16)9(11)8(5-13-14)15-3-2-7(4-12)6-15/h5,7H,2-4,6,12H2,1H3. The zero-order chi connectivity index (χ0) is 11.7. The summed E-state index contributed by atoms with van der Waals surface area (Å²) in [6.45, 7) is 2.41. The van der Waals surface area contributed by atoms with Crippen LogP contribution in [-0.2, 0) is 7.05 Å². The smallest absolute Gasteiger partial charge is 0.287 e. The van der Waals surface area contributed by atoms with E-state index in [4.69, 9.17) is 17.3 Å². The molecule has 0 amide bonds. The van der Waals surface area contributed by atoms with Crippen LogP contribution in [0, 0.1) is 5.92 Å². The molecule has 0 spiro atoms. The number of nitrogens with zero attached hydrogens (tertiary/aromatic N) is 3. The first-order chi connectivity index (χ1) is 7.63. The minimum absolute atomic E-state index is 0.246. The first-order valence-corrected chi connectivity index (χ1v) is 5.68. The Morgan fingerprint density at radius 3 is 3.06 bits per heavy atom. The molecule has 1 aliphatic heterocycles. The van der Waals surface area contributed by atoms with Crippen LogP contribution in [0.25, 0.3) is 0 Å². The molecule has 2 N–H and O–H groups in total. The van der Waals surface area contributed by atoms with Crippen molar-refractivity contribution < 1.29 is 0 Å². The van der Waals surface area contributed by atoms with Crippen molar-refractivity contribution in [2.75, 3.05) is 24.5 Å². The van der Waals surface area contributed by atoms with Crippen LogP contribution in [0.3, 0.4) is 0 Å². The third-order valence-corrected chi connectivity index (χ3v) is 3.37. The van der Waals surface area contributed by atoms with E-state index in [1.807, 2.05) is 0 Å². The molecule has 5 nitrogen and oxygen atoms in total. The molecule has 1 saturated heterocycles. The molecule has 0 aliphatic carbocycles. The molecule has 2 heterocycles. The van der Waals surface area contributed by atoms with Gasteiger partial charge in [0.2, 0.25) is 0 Å². The fourth-order valence-electron chi connectivity index (χ4n) is 1.97. The Balaban J connectivity index is 2.29. The normalized spacial score (nSPS) is 20.4. The lowest BCUT2D eigenvalue weighted by Gasteiger charge is -2.19. The van der Waals surface area contributed by atoms with Gasteiger partial charge in [-0.2, -0.15) is 5.10 Å². The van der Waals surface area contributed by atoms with Gasteiger partial charge < -0.3 is 10.6 Å². The molecule has 1 unspecified atom stereocenters. The summed E-state index contributed by atoms with van der Waals surface area (Å²) >= 11 is 6.02. The van der Waals surface area contributed by atoms with Gasteiger partial charge >= 0.3 is 0 Å². The molecule has 0 radical (unpaired) electrons. The molecule has 0 bridgehead atoms. The van der Waals surface area contributed by atoms with Gasteiger partial charge in [-0.3, -0.25) is 4.79 Å². The van der Waals surface area contributed by atoms with Crippen molar-refractivity contribution >= 4 is 17.3 Å². The zero-order valence-electron chi connectivity index (χ0n) is 9.19. The Morgan fingerprint density at radius 1 is 1.69 bits per heavy atom. The van der Waals surface area contributed by atoms with Crippen LogP contribution in [0.2, 0.25) is 5.02 Å². The van der Waals surface area contributed by atoms with Gasteiger partial charge in [0.05, 0.1) is 11.9 Å². The molecule has 16 heavy (non-hydrogen) atoms. The molecule has 2 rings (SSSR count). The quantitative estimate of drug-likeness (QED) is 0.806. The van der Waals surface area contributed by atoms with Crippen LogP contribution < -0.4 is 16.2 Å². The summed E-state index contributed by atoms with van der Waals surface area (Å²) in [5, 5.41) is 4.23. The molecule has 1 atom stereocenters. The highest BCUT2D eigenvalue weighted by Crippen LogP contribution is 2.26. The molecular weight excluding hydrogens is 228 g/mol. The SMILES string of the molecule is Cn1ncc(N2CCC(CN)C2)c(Cl)c1=O. The zero-order valence-corrected chi connectivity index (χ0v) is 9.94. The number of nitrogens with two attached hydrogens (primary N) is 1. The number of hydrogen-bond acceptors (Lipinski definition) is 4. The largest absolute Gasteiger partial charge is 0.369 e. The van der Waals surface area contributed by atoms with E-state index in [2.05, 4.69) is 10.00 Å². The van der Waals surface area contributed by atoms with Crippen molar-refractivity contribution in [1.82, 2.24) is 9.78 Å². The molecular formula is C10H15ClN4O. The maximum atomic E-state index is 11.6. The molecule has 1 aliphatic rings. The molecule has 1 fully saturated rings. The van der Waals surface area contributed by atoms with E-state index in [0.717, 1.165) is 25.2 Å². The Hall–Kier alpha value is -1.07. The maximum absolute atomic E-state index is 11.6. The lowest BCUT2D eigenvalue weighted by atomic mass is 10.1. The van der Waals surface area contributed by atoms with Crippen LogP contribution >= 0.6 is 11.6 Å². The van der Waals surface area contributed by atoms with E-state index in [1.165, 1.54) is 4.68 Å². The lowest BCUT2D eigenvalue weighted by Crippen LogP contribution is -2.27. The number of halogens is 1. The number of hydrogen-bond donors (Lipinski definition) is 1. The van der Waals surface area contributed by atoms with Gasteiger partial charge in [0.25, 0.3) is 5.56 Å². The fraction of sp³-hybridized carbons (Fsp3) is 0.600. The van der Waals surface area contributed by atoms with Crippen LogP contribution in [0.15, 0.2) is 11.0 Å². The van der Waals surface area contributed by atoms with Crippen molar-refractivity contribution in [3.63, 3.8) is 0 Å². The van der Waals surface area contributed by atoms with Gasteiger partial charge in [0.1, 0.15) is 5.02 Å². The summed E-state index contributed by atoms with van der Waals surface area (Å²) < 4.78 is 1.24. The highest BCUT2D eigenvalue weighted by Gasteiger charge is 2.24. The van der Waals surface area contributed by atoms with Gasteiger partial charge in [0.15, 0.2) is 0 Å². The van der Waals surface area contributed by atoms with E-state index in [0.29, 0.717) is 12.5 Å². The lowest BCUT2D eigenvalue weighted by molar-refractivity contribution is 0.602.